The van der Waals surface area contributed by atoms with Gasteiger partial charge < -0.3 is 9.47 Å². The molecule has 1 aliphatic heterocycles. The molecule has 1 aromatic heterocycles. The number of amides is 1. The van der Waals surface area contributed by atoms with Gasteiger partial charge in [0.25, 0.3) is 0 Å². The number of aryl methyl sites for hydroxylation is 1. The number of fused-ring (bicyclic) bond motifs is 1. The molecule has 0 saturated carbocycles. The molecule has 2 rings (SSSR count). The molecule has 88 valence electrons. The van der Waals surface area contributed by atoms with Crippen molar-refractivity contribution in [1.82, 2.24) is 19.7 Å². The summed E-state index contributed by atoms with van der Waals surface area (Å²) in [4.78, 5) is 13.7. The van der Waals surface area contributed by atoms with Crippen LogP contribution in [0.5, 0.6) is 0 Å². The van der Waals surface area contributed by atoms with Gasteiger partial charge in [0.15, 0.2) is 5.82 Å². The molecule has 0 fully saturated rings. The summed E-state index contributed by atoms with van der Waals surface area (Å²) in [5.74, 6) is 2.10. The van der Waals surface area contributed by atoms with Crippen LogP contribution in [0, 0.1) is 6.92 Å². The van der Waals surface area contributed by atoms with Crippen LogP contribution in [0.1, 0.15) is 37.8 Å². The van der Waals surface area contributed by atoms with Crippen molar-refractivity contribution in [1.29, 1.82) is 0 Å². The van der Waals surface area contributed by atoms with Crippen molar-refractivity contribution >= 4 is 5.91 Å². The van der Waals surface area contributed by atoms with Crippen molar-refractivity contribution in [3.8, 4) is 0 Å². The molecule has 0 bridgehead atoms. The summed E-state index contributed by atoms with van der Waals surface area (Å²) in [5, 5.41) is 8.12. The normalized spacial score (nSPS) is 15.0. The van der Waals surface area contributed by atoms with Gasteiger partial charge in [-0.3, -0.25) is 4.79 Å². The largest absolute Gasteiger partial charge is 0.333 e. The third-order valence-electron chi connectivity index (χ3n) is 3.04. The molecule has 0 aliphatic carbocycles. The maximum Gasteiger partial charge on any atom is 0.223 e. The summed E-state index contributed by atoms with van der Waals surface area (Å²) in [6.07, 6.45) is 2.69. The van der Waals surface area contributed by atoms with Crippen molar-refractivity contribution < 1.29 is 4.79 Å². The number of aromatic nitrogens is 3. The van der Waals surface area contributed by atoms with Crippen LogP contribution in [0.25, 0.3) is 0 Å². The van der Waals surface area contributed by atoms with Crippen molar-refractivity contribution in [2.45, 2.75) is 46.2 Å². The van der Waals surface area contributed by atoms with Gasteiger partial charge in [0.2, 0.25) is 5.91 Å². The van der Waals surface area contributed by atoms with E-state index in [1.54, 1.807) is 0 Å². The average molecular weight is 222 g/mol. The van der Waals surface area contributed by atoms with Crippen LogP contribution in [0.15, 0.2) is 0 Å². The number of hydrogen-bond donors (Lipinski definition) is 0. The number of nitrogens with zero attached hydrogens (tertiary/aromatic N) is 4. The minimum atomic E-state index is 0.244. The van der Waals surface area contributed by atoms with Crippen molar-refractivity contribution in [3.63, 3.8) is 0 Å². The quantitative estimate of drug-likeness (QED) is 0.770. The van der Waals surface area contributed by atoms with Gasteiger partial charge in [-0.15, -0.1) is 10.2 Å². The van der Waals surface area contributed by atoms with E-state index in [9.17, 15) is 4.79 Å². The van der Waals surface area contributed by atoms with Crippen LogP contribution in [-0.4, -0.2) is 32.1 Å². The zero-order valence-corrected chi connectivity index (χ0v) is 9.94. The molecule has 1 aliphatic rings. The SMILES string of the molecule is CCCCC(=O)N1CCn2c(C)nnc2C1. The highest BCUT2D eigenvalue weighted by Gasteiger charge is 2.22. The standard InChI is InChI=1S/C11H18N4O/c1-3-4-5-11(16)14-6-7-15-9(2)12-13-10(15)8-14/h3-8H2,1-2H3. The Bertz CT molecular complexity index is 385. The molecule has 5 nitrogen and oxygen atoms in total. The van der Waals surface area contributed by atoms with E-state index in [2.05, 4.69) is 21.7 Å². The molecule has 0 radical (unpaired) electrons. The zero-order chi connectivity index (χ0) is 11.5. The first-order chi connectivity index (χ1) is 7.72. The first kappa shape index (κ1) is 11.1. The molecule has 1 aromatic rings. The second kappa shape index (κ2) is 4.63. The van der Waals surface area contributed by atoms with Gasteiger partial charge >= 0.3 is 0 Å². The zero-order valence-electron chi connectivity index (χ0n) is 9.94. The third kappa shape index (κ3) is 2.08. The van der Waals surface area contributed by atoms with E-state index in [1.165, 1.54) is 0 Å². The fourth-order valence-corrected chi connectivity index (χ4v) is 2.00. The van der Waals surface area contributed by atoms with E-state index in [1.807, 2.05) is 11.8 Å². The molecule has 0 N–H and O–H groups in total. The summed E-state index contributed by atoms with van der Waals surface area (Å²) in [6, 6.07) is 0. The van der Waals surface area contributed by atoms with E-state index >= 15 is 0 Å². The van der Waals surface area contributed by atoms with E-state index < -0.39 is 0 Å². The van der Waals surface area contributed by atoms with Crippen LogP contribution in [0.2, 0.25) is 0 Å². The first-order valence-electron chi connectivity index (χ1n) is 5.89. The molecule has 0 aromatic carbocycles. The summed E-state index contributed by atoms with van der Waals surface area (Å²) in [7, 11) is 0. The maximum absolute atomic E-state index is 11.8. The minimum Gasteiger partial charge on any atom is -0.333 e. The highest BCUT2D eigenvalue weighted by Crippen LogP contribution is 2.13. The second-order valence-corrected chi connectivity index (χ2v) is 4.23. The summed E-state index contributed by atoms with van der Waals surface area (Å²) in [6.45, 7) is 6.28. The Hall–Kier alpha value is -1.39. The number of carbonyl (C=O) groups is 1. The maximum atomic E-state index is 11.8. The molecule has 0 saturated heterocycles. The molecule has 5 heteroatoms. The smallest absolute Gasteiger partial charge is 0.223 e. The molecule has 16 heavy (non-hydrogen) atoms. The van der Waals surface area contributed by atoms with Gasteiger partial charge in [-0.25, -0.2) is 0 Å². The van der Waals surface area contributed by atoms with E-state index in [4.69, 9.17) is 0 Å². The summed E-state index contributed by atoms with van der Waals surface area (Å²) in [5.41, 5.74) is 0. The van der Waals surface area contributed by atoms with Crippen molar-refractivity contribution in [2.24, 2.45) is 0 Å². The number of carbonyl (C=O) groups excluding carboxylic acids is 1. The topological polar surface area (TPSA) is 51.0 Å². The summed E-state index contributed by atoms with van der Waals surface area (Å²) >= 11 is 0. The molecule has 0 atom stereocenters. The predicted molar refractivity (Wildman–Crippen MR) is 59.7 cm³/mol. The van der Waals surface area contributed by atoms with E-state index in [-0.39, 0.29) is 5.91 Å². The predicted octanol–water partition coefficient (Wildman–Crippen LogP) is 1.12. The van der Waals surface area contributed by atoms with Crippen molar-refractivity contribution in [2.75, 3.05) is 6.54 Å². The molecule has 2 heterocycles. The lowest BCUT2D eigenvalue weighted by Gasteiger charge is -2.27. The molecular formula is C11H18N4O. The molecule has 1 amide bonds. The first-order valence-corrected chi connectivity index (χ1v) is 5.89. The van der Waals surface area contributed by atoms with Gasteiger partial charge in [0.1, 0.15) is 5.82 Å². The lowest BCUT2D eigenvalue weighted by atomic mass is 10.2. The van der Waals surface area contributed by atoms with Crippen LogP contribution < -0.4 is 0 Å². The van der Waals surface area contributed by atoms with Gasteiger partial charge in [-0.2, -0.15) is 0 Å². The van der Waals surface area contributed by atoms with Crippen LogP contribution in [-0.2, 0) is 17.9 Å². The van der Waals surface area contributed by atoms with Gasteiger partial charge in [-0.05, 0) is 13.3 Å². The highest BCUT2D eigenvalue weighted by atomic mass is 16.2. The molecular weight excluding hydrogens is 204 g/mol. The van der Waals surface area contributed by atoms with Gasteiger partial charge in [0.05, 0.1) is 6.54 Å². The molecule has 0 unspecified atom stereocenters. The van der Waals surface area contributed by atoms with Crippen LogP contribution in [0.3, 0.4) is 0 Å². The Morgan fingerprint density at radius 3 is 2.94 bits per heavy atom. The monoisotopic (exact) mass is 222 g/mol. The number of hydrogen-bond acceptors (Lipinski definition) is 3. The number of rotatable bonds is 3. The Balaban J connectivity index is 2.00. The Morgan fingerprint density at radius 2 is 2.19 bits per heavy atom. The van der Waals surface area contributed by atoms with Crippen LogP contribution in [0.4, 0.5) is 0 Å². The summed E-state index contributed by atoms with van der Waals surface area (Å²) < 4.78 is 2.09. The van der Waals surface area contributed by atoms with Gasteiger partial charge in [0, 0.05) is 19.5 Å². The van der Waals surface area contributed by atoms with Crippen molar-refractivity contribution in [3.05, 3.63) is 11.6 Å². The fourth-order valence-electron chi connectivity index (χ4n) is 2.00. The van der Waals surface area contributed by atoms with Crippen LogP contribution >= 0.6 is 0 Å². The average Bonchev–Trinajstić information content (AvgIpc) is 2.67. The minimum absolute atomic E-state index is 0.244. The lowest BCUT2D eigenvalue weighted by molar-refractivity contribution is -0.132. The van der Waals surface area contributed by atoms with Gasteiger partial charge in [-0.1, -0.05) is 13.3 Å². The lowest BCUT2D eigenvalue weighted by Crippen LogP contribution is -2.38. The van der Waals surface area contributed by atoms with E-state index in [0.29, 0.717) is 13.0 Å². The third-order valence-corrected chi connectivity index (χ3v) is 3.04. The Kier molecular flexibility index (Phi) is 3.22. The number of unbranched alkanes of at least 4 members (excludes halogenated alkanes) is 1. The second-order valence-electron chi connectivity index (χ2n) is 4.23. The Morgan fingerprint density at radius 1 is 1.38 bits per heavy atom. The molecule has 0 spiro atoms. The Labute approximate surface area is 95.5 Å². The highest BCUT2D eigenvalue weighted by molar-refractivity contribution is 5.76. The van der Waals surface area contributed by atoms with E-state index in [0.717, 1.165) is 37.6 Å². The fraction of sp³-hybridized carbons (Fsp3) is 0.727.